The Kier molecular flexibility index (Phi) is 5.62. The van der Waals surface area contributed by atoms with Crippen LogP contribution in [0.2, 0.25) is 0 Å². The summed E-state index contributed by atoms with van der Waals surface area (Å²) in [6.45, 7) is 5.74. The average Bonchev–Trinajstić information content (AvgIpc) is 3.00. The molecule has 3 aromatic rings. The lowest BCUT2D eigenvalue weighted by Gasteiger charge is -2.19. The second-order valence-corrected chi connectivity index (χ2v) is 7.42. The van der Waals surface area contributed by atoms with Crippen molar-refractivity contribution in [3.63, 3.8) is 0 Å². The minimum atomic E-state index is -0.293. The molecule has 0 radical (unpaired) electrons. The number of nitrogens with zero attached hydrogens (tertiary/aromatic N) is 5. The van der Waals surface area contributed by atoms with Crippen LogP contribution in [0.25, 0.3) is 5.78 Å². The molecule has 1 N–H and O–H groups in total. The Morgan fingerprint density at radius 1 is 1.04 bits per heavy atom. The third kappa shape index (κ3) is 4.36. The normalized spacial score (nSPS) is 15.5. The highest BCUT2D eigenvalue weighted by Gasteiger charge is 2.14. The minimum Gasteiger partial charge on any atom is -0.345 e. The fourth-order valence-corrected chi connectivity index (χ4v) is 3.58. The average molecular weight is 378 g/mol. The number of rotatable bonds is 5. The largest absolute Gasteiger partial charge is 0.345 e. The van der Waals surface area contributed by atoms with E-state index in [1.807, 2.05) is 13.0 Å². The predicted molar refractivity (Wildman–Crippen MR) is 107 cm³/mol. The van der Waals surface area contributed by atoms with E-state index < -0.39 is 0 Å². The Bertz CT molecular complexity index is 941. The van der Waals surface area contributed by atoms with Gasteiger partial charge in [0.1, 0.15) is 0 Å². The summed E-state index contributed by atoms with van der Waals surface area (Å²) in [7, 11) is 0. The highest BCUT2D eigenvalue weighted by molar-refractivity contribution is 5.90. The molecule has 2 aromatic heterocycles. The molecule has 4 rings (SSSR count). The second kappa shape index (κ2) is 8.48. The summed E-state index contributed by atoms with van der Waals surface area (Å²) in [4.78, 5) is 23.2. The monoisotopic (exact) mass is 378 g/mol. The molecular weight excluding hydrogens is 352 g/mol. The van der Waals surface area contributed by atoms with Gasteiger partial charge >= 0.3 is 0 Å². The van der Waals surface area contributed by atoms with Gasteiger partial charge in [0, 0.05) is 25.0 Å². The molecule has 0 bridgehead atoms. The van der Waals surface area contributed by atoms with Crippen LogP contribution in [0.15, 0.2) is 36.5 Å². The Labute approximate surface area is 164 Å². The number of benzene rings is 1. The molecule has 1 aliphatic rings. The standard InChI is InChI=1S/C21H26N6O/c1-16-10-11-22-21-24-19(25-27(16)21)20(28)23-14-17-6-8-18(9-7-17)15-26-12-4-2-3-5-13-26/h6-11H,2-5,12-15H2,1H3,(H,23,28). The zero-order chi connectivity index (χ0) is 19.3. The van der Waals surface area contributed by atoms with Crippen LogP contribution in [0.1, 0.15) is 53.1 Å². The van der Waals surface area contributed by atoms with Crippen molar-refractivity contribution >= 4 is 11.7 Å². The van der Waals surface area contributed by atoms with Crippen LogP contribution in [-0.2, 0) is 13.1 Å². The van der Waals surface area contributed by atoms with E-state index >= 15 is 0 Å². The van der Waals surface area contributed by atoms with E-state index in [9.17, 15) is 4.79 Å². The van der Waals surface area contributed by atoms with E-state index in [4.69, 9.17) is 0 Å². The topological polar surface area (TPSA) is 75.4 Å². The first-order chi connectivity index (χ1) is 13.7. The number of aromatic nitrogens is 4. The highest BCUT2D eigenvalue weighted by atomic mass is 16.2. The summed E-state index contributed by atoms with van der Waals surface area (Å²) < 4.78 is 1.58. The van der Waals surface area contributed by atoms with E-state index in [2.05, 4.69) is 49.5 Å². The molecule has 1 aromatic carbocycles. The Balaban J connectivity index is 1.33. The van der Waals surface area contributed by atoms with Crippen molar-refractivity contribution in [2.45, 2.75) is 45.7 Å². The van der Waals surface area contributed by atoms with Crippen LogP contribution < -0.4 is 5.32 Å². The van der Waals surface area contributed by atoms with Crippen molar-refractivity contribution in [3.05, 3.63) is 59.2 Å². The second-order valence-electron chi connectivity index (χ2n) is 7.42. The minimum absolute atomic E-state index is 0.139. The van der Waals surface area contributed by atoms with E-state index in [1.165, 1.54) is 44.3 Å². The van der Waals surface area contributed by atoms with Crippen LogP contribution in [0.5, 0.6) is 0 Å². The van der Waals surface area contributed by atoms with Crippen LogP contribution in [0.4, 0.5) is 0 Å². The van der Waals surface area contributed by atoms with Gasteiger partial charge in [-0.05, 0) is 50.0 Å². The molecule has 0 aliphatic carbocycles. The number of carbonyl (C=O) groups is 1. The number of amides is 1. The molecule has 1 saturated heterocycles. The van der Waals surface area contributed by atoms with Gasteiger partial charge in [-0.1, -0.05) is 37.1 Å². The lowest BCUT2D eigenvalue weighted by atomic mass is 10.1. The number of hydrogen-bond acceptors (Lipinski definition) is 5. The van der Waals surface area contributed by atoms with Crippen LogP contribution in [0.3, 0.4) is 0 Å². The number of likely N-dealkylation sites (tertiary alicyclic amines) is 1. The first-order valence-electron chi connectivity index (χ1n) is 9.96. The van der Waals surface area contributed by atoms with Gasteiger partial charge in [0.2, 0.25) is 5.82 Å². The van der Waals surface area contributed by atoms with Crippen molar-refractivity contribution < 1.29 is 4.79 Å². The summed E-state index contributed by atoms with van der Waals surface area (Å²) in [6.07, 6.45) is 6.97. The number of carbonyl (C=O) groups excluding carboxylic acids is 1. The quantitative estimate of drug-likeness (QED) is 0.739. The predicted octanol–water partition coefficient (Wildman–Crippen LogP) is 2.74. The molecule has 7 heteroatoms. The first-order valence-corrected chi connectivity index (χ1v) is 9.96. The van der Waals surface area contributed by atoms with Gasteiger partial charge in [0.25, 0.3) is 11.7 Å². The Morgan fingerprint density at radius 3 is 2.46 bits per heavy atom. The first kappa shape index (κ1) is 18.6. The molecule has 7 nitrogen and oxygen atoms in total. The van der Waals surface area contributed by atoms with Gasteiger partial charge in [-0.2, -0.15) is 4.98 Å². The zero-order valence-corrected chi connectivity index (χ0v) is 16.3. The lowest BCUT2D eigenvalue weighted by Crippen LogP contribution is -2.24. The van der Waals surface area contributed by atoms with Crippen molar-refractivity contribution in [3.8, 4) is 0 Å². The molecule has 28 heavy (non-hydrogen) atoms. The molecule has 0 atom stereocenters. The summed E-state index contributed by atoms with van der Waals surface area (Å²) in [5, 5.41) is 7.13. The number of nitrogens with one attached hydrogen (secondary N) is 1. The van der Waals surface area contributed by atoms with Gasteiger partial charge in [0.15, 0.2) is 0 Å². The van der Waals surface area contributed by atoms with E-state index in [-0.39, 0.29) is 11.7 Å². The molecule has 0 unspecified atom stereocenters. The lowest BCUT2D eigenvalue weighted by molar-refractivity contribution is 0.0940. The van der Waals surface area contributed by atoms with Gasteiger partial charge in [-0.3, -0.25) is 9.69 Å². The molecule has 3 heterocycles. The molecule has 1 aliphatic heterocycles. The summed E-state index contributed by atoms with van der Waals surface area (Å²) in [5.41, 5.74) is 3.27. The van der Waals surface area contributed by atoms with Gasteiger partial charge in [-0.25, -0.2) is 9.50 Å². The smallest absolute Gasteiger partial charge is 0.291 e. The van der Waals surface area contributed by atoms with Gasteiger partial charge in [-0.15, -0.1) is 5.10 Å². The maximum atomic E-state index is 12.4. The molecular formula is C21H26N6O. The van der Waals surface area contributed by atoms with Crippen molar-refractivity contribution in [1.29, 1.82) is 0 Å². The third-order valence-electron chi connectivity index (χ3n) is 5.21. The van der Waals surface area contributed by atoms with Gasteiger partial charge in [0.05, 0.1) is 0 Å². The maximum absolute atomic E-state index is 12.4. The molecule has 146 valence electrons. The maximum Gasteiger partial charge on any atom is 0.291 e. The summed E-state index contributed by atoms with van der Waals surface area (Å²) >= 11 is 0. The van der Waals surface area contributed by atoms with Crippen LogP contribution in [0, 0.1) is 6.92 Å². The van der Waals surface area contributed by atoms with Crippen molar-refractivity contribution in [2.24, 2.45) is 0 Å². The number of hydrogen-bond donors (Lipinski definition) is 1. The third-order valence-corrected chi connectivity index (χ3v) is 5.21. The van der Waals surface area contributed by atoms with Gasteiger partial charge < -0.3 is 5.32 Å². The summed E-state index contributed by atoms with van der Waals surface area (Å²) in [5.74, 6) is 0.279. The van der Waals surface area contributed by atoms with E-state index in [1.54, 1.807) is 10.7 Å². The molecule has 0 saturated carbocycles. The van der Waals surface area contributed by atoms with Crippen LogP contribution >= 0.6 is 0 Å². The molecule has 1 amide bonds. The molecule has 1 fully saturated rings. The Morgan fingerprint density at radius 2 is 1.75 bits per heavy atom. The molecule has 0 spiro atoms. The van der Waals surface area contributed by atoms with Crippen molar-refractivity contribution in [1.82, 2.24) is 29.8 Å². The zero-order valence-electron chi connectivity index (χ0n) is 16.3. The summed E-state index contributed by atoms with van der Waals surface area (Å²) in [6, 6.07) is 10.3. The number of fused-ring (bicyclic) bond motifs is 1. The van der Waals surface area contributed by atoms with Crippen LogP contribution in [-0.4, -0.2) is 43.5 Å². The number of aryl methyl sites for hydroxylation is 1. The fraction of sp³-hybridized carbons (Fsp3) is 0.429. The highest BCUT2D eigenvalue weighted by Crippen LogP contribution is 2.14. The van der Waals surface area contributed by atoms with Crippen molar-refractivity contribution in [2.75, 3.05) is 13.1 Å². The van der Waals surface area contributed by atoms with E-state index in [0.29, 0.717) is 12.3 Å². The Hall–Kier alpha value is -2.80. The fourth-order valence-electron chi connectivity index (χ4n) is 3.58. The van der Waals surface area contributed by atoms with E-state index in [0.717, 1.165) is 17.8 Å². The SMILES string of the molecule is Cc1ccnc2nc(C(=O)NCc3ccc(CN4CCCCCC4)cc3)nn12.